The molecule has 1 saturated carbocycles. The average Bonchev–Trinajstić information content (AvgIpc) is 2.99. The molecule has 1 N–H and O–H groups in total. The van der Waals surface area contributed by atoms with Gasteiger partial charge < -0.3 is 10.1 Å². The molecule has 1 fully saturated rings. The Hall–Kier alpha value is 0.01000. The van der Waals surface area contributed by atoms with Crippen LogP contribution in [0.2, 0.25) is 0 Å². The fourth-order valence-corrected chi connectivity index (χ4v) is 2.12. The van der Waals surface area contributed by atoms with Gasteiger partial charge in [-0.05, 0) is 18.8 Å². The van der Waals surface area contributed by atoms with Crippen molar-refractivity contribution < 1.29 is 4.74 Å². The van der Waals surface area contributed by atoms with Gasteiger partial charge in [-0.3, -0.25) is 0 Å². The lowest BCUT2D eigenvalue weighted by atomic mass is 10.2. The van der Waals surface area contributed by atoms with Crippen LogP contribution in [0, 0.1) is 5.92 Å². The molecule has 0 aromatic rings. The Morgan fingerprint density at radius 1 is 1.64 bits per heavy atom. The molecule has 1 atom stereocenters. The summed E-state index contributed by atoms with van der Waals surface area (Å²) in [5.41, 5.74) is 0. The zero-order chi connectivity index (χ0) is 10.2. The predicted octanol–water partition coefficient (Wildman–Crippen LogP) is 1.92. The van der Waals surface area contributed by atoms with Crippen molar-refractivity contribution in [2.45, 2.75) is 18.9 Å². The molecule has 2 nitrogen and oxygen atoms in total. The van der Waals surface area contributed by atoms with Crippen molar-refractivity contribution >= 4 is 11.8 Å². The van der Waals surface area contributed by atoms with E-state index in [2.05, 4.69) is 11.9 Å². The Balaban J connectivity index is 1.98. The quantitative estimate of drug-likeness (QED) is 0.469. The molecule has 82 valence electrons. The fourth-order valence-electron chi connectivity index (χ4n) is 1.52. The highest BCUT2D eigenvalue weighted by molar-refractivity contribution is 7.99. The molecule has 14 heavy (non-hydrogen) atoms. The van der Waals surface area contributed by atoms with E-state index in [1.165, 1.54) is 18.6 Å². The van der Waals surface area contributed by atoms with Gasteiger partial charge >= 0.3 is 0 Å². The highest BCUT2D eigenvalue weighted by Crippen LogP contribution is 2.32. The number of rotatable bonds is 9. The minimum Gasteiger partial charge on any atom is -0.383 e. The zero-order valence-corrected chi connectivity index (χ0v) is 9.81. The highest BCUT2D eigenvalue weighted by Gasteiger charge is 2.30. The normalized spacial score (nSPS) is 18.1. The van der Waals surface area contributed by atoms with E-state index >= 15 is 0 Å². The molecule has 0 bridgehead atoms. The van der Waals surface area contributed by atoms with Gasteiger partial charge in [-0.2, -0.15) is 11.8 Å². The number of hydrogen-bond acceptors (Lipinski definition) is 3. The fraction of sp³-hybridized carbons (Fsp3) is 0.818. The SMILES string of the molecule is C=CCSCCNC(COC)C1CC1. The third-order valence-corrected chi connectivity index (χ3v) is 3.39. The van der Waals surface area contributed by atoms with Crippen LogP contribution in [-0.4, -0.2) is 37.8 Å². The molecule has 0 spiro atoms. The van der Waals surface area contributed by atoms with Crippen LogP contribution in [0.4, 0.5) is 0 Å². The summed E-state index contributed by atoms with van der Waals surface area (Å²) >= 11 is 1.92. The van der Waals surface area contributed by atoms with E-state index in [4.69, 9.17) is 4.74 Å². The van der Waals surface area contributed by atoms with Crippen molar-refractivity contribution in [3.63, 3.8) is 0 Å². The van der Waals surface area contributed by atoms with E-state index in [1.54, 1.807) is 7.11 Å². The zero-order valence-electron chi connectivity index (χ0n) is 9.00. The number of thioether (sulfide) groups is 1. The second-order valence-electron chi connectivity index (χ2n) is 3.72. The first-order valence-corrected chi connectivity index (χ1v) is 6.45. The van der Waals surface area contributed by atoms with E-state index < -0.39 is 0 Å². The first-order valence-electron chi connectivity index (χ1n) is 5.29. The van der Waals surface area contributed by atoms with Crippen molar-refractivity contribution in [3.8, 4) is 0 Å². The molecule has 1 rings (SSSR count). The van der Waals surface area contributed by atoms with Crippen LogP contribution in [0.1, 0.15) is 12.8 Å². The van der Waals surface area contributed by atoms with E-state index in [1.807, 2.05) is 17.8 Å². The molecule has 3 heteroatoms. The van der Waals surface area contributed by atoms with Crippen LogP contribution >= 0.6 is 11.8 Å². The van der Waals surface area contributed by atoms with Crippen LogP contribution < -0.4 is 5.32 Å². The van der Waals surface area contributed by atoms with Crippen molar-refractivity contribution in [1.82, 2.24) is 5.32 Å². The van der Waals surface area contributed by atoms with Crippen LogP contribution in [0.3, 0.4) is 0 Å². The summed E-state index contributed by atoms with van der Waals surface area (Å²) in [6, 6.07) is 0.587. The van der Waals surface area contributed by atoms with Gasteiger partial charge in [0.25, 0.3) is 0 Å². The van der Waals surface area contributed by atoms with Crippen molar-refractivity contribution in [2.24, 2.45) is 5.92 Å². The molecule has 0 aromatic carbocycles. The highest BCUT2D eigenvalue weighted by atomic mass is 32.2. The molecule has 0 radical (unpaired) electrons. The maximum atomic E-state index is 5.20. The minimum atomic E-state index is 0.587. The summed E-state index contributed by atoms with van der Waals surface area (Å²) in [5, 5.41) is 3.56. The van der Waals surface area contributed by atoms with Gasteiger partial charge in [0, 0.05) is 31.2 Å². The Morgan fingerprint density at radius 3 is 3.00 bits per heavy atom. The molecule has 0 aliphatic heterocycles. The molecule has 0 amide bonds. The third-order valence-electron chi connectivity index (χ3n) is 2.43. The largest absolute Gasteiger partial charge is 0.383 e. The maximum absolute atomic E-state index is 5.20. The predicted molar refractivity (Wildman–Crippen MR) is 63.9 cm³/mol. The summed E-state index contributed by atoms with van der Waals surface area (Å²) in [5.74, 6) is 3.10. The maximum Gasteiger partial charge on any atom is 0.0618 e. The van der Waals surface area contributed by atoms with Gasteiger partial charge in [-0.15, -0.1) is 6.58 Å². The summed E-state index contributed by atoms with van der Waals surface area (Å²) in [7, 11) is 1.78. The van der Waals surface area contributed by atoms with Gasteiger partial charge in [-0.1, -0.05) is 6.08 Å². The number of hydrogen-bond donors (Lipinski definition) is 1. The van der Waals surface area contributed by atoms with E-state index in [9.17, 15) is 0 Å². The van der Waals surface area contributed by atoms with Gasteiger partial charge in [0.2, 0.25) is 0 Å². The lowest BCUT2D eigenvalue weighted by Crippen LogP contribution is -2.36. The van der Waals surface area contributed by atoms with Crippen LogP contribution in [0.5, 0.6) is 0 Å². The molecular weight excluding hydrogens is 194 g/mol. The first-order chi connectivity index (χ1) is 6.88. The number of nitrogens with one attached hydrogen (secondary N) is 1. The molecular formula is C11H21NOS. The summed E-state index contributed by atoms with van der Waals surface area (Å²) in [6.07, 6.45) is 4.71. The smallest absolute Gasteiger partial charge is 0.0618 e. The Labute approximate surface area is 91.5 Å². The van der Waals surface area contributed by atoms with Crippen molar-refractivity contribution in [2.75, 3.05) is 31.8 Å². The molecule has 1 unspecified atom stereocenters. The average molecular weight is 215 g/mol. The summed E-state index contributed by atoms with van der Waals surface area (Å²) in [6.45, 7) is 5.64. The van der Waals surface area contributed by atoms with E-state index in [0.29, 0.717) is 6.04 Å². The molecule has 1 aliphatic rings. The topological polar surface area (TPSA) is 21.3 Å². The monoisotopic (exact) mass is 215 g/mol. The molecule has 0 heterocycles. The van der Waals surface area contributed by atoms with Gasteiger partial charge in [-0.25, -0.2) is 0 Å². The molecule has 1 aliphatic carbocycles. The Bertz CT molecular complexity index is 159. The third kappa shape index (κ3) is 5.03. The van der Waals surface area contributed by atoms with E-state index in [0.717, 1.165) is 24.8 Å². The second-order valence-corrected chi connectivity index (χ2v) is 4.87. The minimum absolute atomic E-state index is 0.587. The lowest BCUT2D eigenvalue weighted by molar-refractivity contribution is 0.159. The van der Waals surface area contributed by atoms with Gasteiger partial charge in [0.1, 0.15) is 0 Å². The lowest BCUT2D eigenvalue weighted by Gasteiger charge is -2.16. The van der Waals surface area contributed by atoms with Crippen LogP contribution in [0.25, 0.3) is 0 Å². The van der Waals surface area contributed by atoms with Gasteiger partial charge in [0.15, 0.2) is 0 Å². The van der Waals surface area contributed by atoms with Crippen LogP contribution in [0.15, 0.2) is 12.7 Å². The molecule has 0 saturated heterocycles. The number of ether oxygens (including phenoxy) is 1. The van der Waals surface area contributed by atoms with Crippen molar-refractivity contribution in [3.05, 3.63) is 12.7 Å². The van der Waals surface area contributed by atoms with Crippen LogP contribution in [-0.2, 0) is 4.74 Å². The van der Waals surface area contributed by atoms with Crippen molar-refractivity contribution in [1.29, 1.82) is 0 Å². The number of methoxy groups -OCH3 is 1. The summed E-state index contributed by atoms with van der Waals surface area (Å²) < 4.78 is 5.20. The molecule has 0 aromatic heterocycles. The first kappa shape index (κ1) is 12.1. The summed E-state index contributed by atoms with van der Waals surface area (Å²) in [4.78, 5) is 0. The van der Waals surface area contributed by atoms with Gasteiger partial charge in [0.05, 0.1) is 6.61 Å². The Kier molecular flexibility index (Phi) is 6.32. The standard InChI is InChI=1S/C11H21NOS/c1-3-7-14-8-6-12-11(9-13-2)10-4-5-10/h3,10-12H,1,4-9H2,2H3. The second kappa shape index (κ2) is 7.32. The Morgan fingerprint density at radius 2 is 2.43 bits per heavy atom. The van der Waals surface area contributed by atoms with E-state index in [-0.39, 0.29) is 0 Å².